The van der Waals surface area contributed by atoms with E-state index in [0.29, 0.717) is 22.5 Å². The molecule has 0 aromatic rings. The van der Waals surface area contributed by atoms with Gasteiger partial charge in [0.2, 0.25) is 0 Å². The quantitative estimate of drug-likeness (QED) is 0.203. The molecule has 0 aromatic carbocycles. The molecular formula is C3CuN3Na3O5PSn-. The summed E-state index contributed by atoms with van der Waals surface area (Å²) in [6.45, 7) is 14.2. The first-order valence-electron chi connectivity index (χ1n) is 1.61. The van der Waals surface area contributed by atoms with Gasteiger partial charge in [0.25, 0.3) is 0 Å². The molecule has 0 amide bonds. The summed E-state index contributed by atoms with van der Waals surface area (Å²) in [4.78, 5) is 25.6. The molecular weight excluding hydrogens is 440 g/mol. The van der Waals surface area contributed by atoms with Gasteiger partial charge in [-0.3, -0.25) is 0 Å². The van der Waals surface area contributed by atoms with Crippen LogP contribution in [0.5, 0.6) is 0 Å². The Balaban J connectivity index is -0.00000000686. The third-order valence-electron chi connectivity index (χ3n) is 0. The van der Waals surface area contributed by atoms with E-state index in [4.69, 9.17) is 57.8 Å². The molecule has 0 fully saturated rings. The van der Waals surface area contributed by atoms with Gasteiger partial charge in [-0.1, -0.05) is 0 Å². The summed E-state index contributed by atoms with van der Waals surface area (Å²) >= 11 is 0.300. The van der Waals surface area contributed by atoms with E-state index in [1.165, 1.54) is 0 Å². The van der Waals surface area contributed by atoms with Gasteiger partial charge in [0.1, 0.15) is 0 Å². The van der Waals surface area contributed by atoms with Crippen LogP contribution in [0, 0.1) is 35.5 Å². The molecule has 17 heavy (non-hydrogen) atoms. The molecule has 0 bridgehead atoms. The second kappa shape index (κ2) is 77.4. The molecule has 0 heterocycles. The Morgan fingerprint density at radius 3 is 0.765 bits per heavy atom. The van der Waals surface area contributed by atoms with Crippen LogP contribution in [0.15, 0.2) is 0 Å². The van der Waals surface area contributed by atoms with Crippen molar-refractivity contribution in [2.75, 3.05) is 0 Å². The summed E-state index contributed by atoms with van der Waals surface area (Å²) in [6.07, 6.45) is 0. The van der Waals surface area contributed by atoms with Crippen LogP contribution in [-0.4, -0.2) is 22.5 Å². The molecule has 0 unspecified atom stereocenters. The van der Waals surface area contributed by atoms with Gasteiger partial charge >= 0.3 is 131 Å². The molecule has 0 saturated carbocycles. The molecule has 0 N–H and O–H groups in total. The fourth-order valence-corrected chi connectivity index (χ4v) is 0. The summed E-state index contributed by atoms with van der Waals surface area (Å²) in [5, 5.41) is 18.8. The topological polar surface area (TPSA) is 175 Å². The van der Waals surface area contributed by atoms with Gasteiger partial charge < -0.3 is 54.7 Å². The summed E-state index contributed by atoms with van der Waals surface area (Å²) in [7, 11) is -5.39. The number of hydrogen-bond acceptors (Lipinski definition) is 8. The van der Waals surface area contributed by atoms with Crippen molar-refractivity contribution in [2.24, 2.45) is 0 Å². The van der Waals surface area contributed by atoms with Crippen LogP contribution in [-0.2, 0) is 24.7 Å². The zero-order valence-corrected chi connectivity index (χ0v) is 19.8. The Morgan fingerprint density at radius 2 is 0.765 bits per heavy atom. The molecule has 0 atom stereocenters. The Kier molecular flexibility index (Phi) is 274. The monoisotopic (exact) mass is 441 g/mol. The fourth-order valence-electron chi connectivity index (χ4n) is 0. The molecule has 14 heteroatoms. The Hall–Kier alpha value is 2.70. The Labute approximate surface area is 190 Å². The standard InChI is InChI=1S/3CN.Cu.3Na.H3O4P.O.Sn/c3*1-2;;;;;1-5(2,3)4;;/h;;;;;;;(H3,1,2,3,4);;/q3*-1;+2;3*+1;;;/p-3. The second-order valence-electron chi connectivity index (χ2n) is 0.447. The number of nitrogens with zero attached hydrogens (tertiary/aromatic N) is 3. The van der Waals surface area contributed by atoms with Crippen LogP contribution in [0.25, 0.3) is 0 Å². The second-order valence-corrected chi connectivity index (χ2v) is 1.34. The fraction of sp³-hybridized carbons (Fsp3) is 0. The van der Waals surface area contributed by atoms with E-state index in [1.54, 1.807) is 0 Å². The minimum atomic E-state index is -5.39. The zero-order valence-electron chi connectivity index (χ0n) is 9.13. The Morgan fingerprint density at radius 1 is 0.765 bits per heavy atom. The van der Waals surface area contributed by atoms with E-state index in [2.05, 4.69) is 0 Å². The third-order valence-corrected chi connectivity index (χ3v) is 0. The molecule has 0 aromatic heterocycles. The van der Waals surface area contributed by atoms with E-state index in [9.17, 15) is 0 Å². The van der Waals surface area contributed by atoms with Gasteiger partial charge in [0.05, 0.1) is 0 Å². The van der Waals surface area contributed by atoms with E-state index in [1.807, 2.05) is 0 Å². The van der Waals surface area contributed by atoms with E-state index in [0.717, 1.165) is 0 Å². The average molecular weight is 440 g/mol. The van der Waals surface area contributed by atoms with E-state index in [-0.39, 0.29) is 106 Å². The van der Waals surface area contributed by atoms with Gasteiger partial charge in [0.15, 0.2) is 0 Å². The van der Waals surface area contributed by atoms with Crippen molar-refractivity contribution in [3.8, 4) is 0 Å². The van der Waals surface area contributed by atoms with Gasteiger partial charge in [-0.25, -0.2) is 0 Å². The minimum absolute atomic E-state index is 0. The van der Waals surface area contributed by atoms with E-state index < -0.39 is 7.82 Å². The zero-order chi connectivity index (χ0) is 12.5. The first kappa shape index (κ1) is 60.2. The average Bonchev–Trinajstić information content (AvgIpc) is 2.14. The molecule has 0 aliphatic rings. The van der Waals surface area contributed by atoms with Crippen molar-refractivity contribution in [3.05, 3.63) is 19.7 Å². The van der Waals surface area contributed by atoms with Gasteiger partial charge in [0, 0.05) is 0 Å². The van der Waals surface area contributed by atoms with Crippen molar-refractivity contribution >= 4 is 30.3 Å². The first-order valence-corrected chi connectivity index (χ1v) is 4.23. The normalized spacial score (nSPS) is 4.06. The first-order chi connectivity index (χ1) is 6.00. The van der Waals surface area contributed by atoms with Crippen LogP contribution in [0.2, 0.25) is 0 Å². The van der Waals surface area contributed by atoms with Crippen LogP contribution in [0.4, 0.5) is 0 Å². The summed E-state index contributed by atoms with van der Waals surface area (Å²) in [6, 6.07) is 0. The molecule has 8 nitrogen and oxygen atoms in total. The van der Waals surface area contributed by atoms with Crippen LogP contribution >= 0.6 is 7.82 Å². The maximum atomic E-state index is 8.55. The number of rotatable bonds is 0. The third kappa shape index (κ3) is 716. The Bertz CT molecular complexity index is 168. The van der Waals surface area contributed by atoms with Crippen molar-refractivity contribution in [2.45, 2.75) is 0 Å². The summed E-state index contributed by atoms with van der Waals surface area (Å²) in [5.74, 6) is 0. The van der Waals surface area contributed by atoms with Crippen LogP contribution < -0.4 is 103 Å². The van der Waals surface area contributed by atoms with Crippen molar-refractivity contribution < 1.29 is 128 Å². The molecule has 0 rings (SSSR count). The molecule has 0 saturated heterocycles. The van der Waals surface area contributed by atoms with Gasteiger partial charge in [-0.05, 0) is 0 Å². The van der Waals surface area contributed by atoms with Crippen LogP contribution in [0.3, 0.4) is 0 Å². The summed E-state index contributed by atoms with van der Waals surface area (Å²) < 4.78 is 16.9. The predicted molar refractivity (Wildman–Crippen MR) is 29.0 cm³/mol. The SMILES string of the molecule is O=P([O-])([O-])[O-].[C-]#N.[C-]#N.[C-]#N.[Cu+2].[Na+].[Na+].[Na+].[O]=[Sn]. The summed E-state index contributed by atoms with van der Waals surface area (Å²) in [5.41, 5.74) is 0. The van der Waals surface area contributed by atoms with Crippen molar-refractivity contribution in [1.29, 1.82) is 15.8 Å². The molecule has 3 radical (unpaired) electrons. The van der Waals surface area contributed by atoms with Crippen molar-refractivity contribution in [1.82, 2.24) is 0 Å². The number of hydrogen-bond donors (Lipinski definition) is 0. The molecule has 0 aliphatic carbocycles. The molecule has 0 spiro atoms. The van der Waals surface area contributed by atoms with Gasteiger partial charge in [-0.2, -0.15) is 7.82 Å². The van der Waals surface area contributed by atoms with Gasteiger partial charge in [-0.15, -0.1) is 0 Å². The van der Waals surface area contributed by atoms with Crippen LogP contribution in [0.1, 0.15) is 0 Å². The number of phosphoric acid groups is 1. The van der Waals surface area contributed by atoms with Crippen molar-refractivity contribution in [3.63, 3.8) is 0 Å². The predicted octanol–water partition coefficient (Wildman–Crippen LogP) is -12.0. The van der Waals surface area contributed by atoms with E-state index >= 15 is 0 Å². The molecule has 0 aliphatic heterocycles. The molecule has 81 valence electrons. The maximum absolute atomic E-state index is 8.55.